The SMILES string of the molecule is CN(C)c1cccc(NC(=O)C(=O)Nc2cccnc2Cl)c1. The van der Waals surface area contributed by atoms with Crippen LogP contribution in [0, 0.1) is 0 Å². The molecule has 0 saturated carbocycles. The summed E-state index contributed by atoms with van der Waals surface area (Å²) < 4.78 is 0. The molecule has 2 amide bonds. The molecule has 0 fully saturated rings. The van der Waals surface area contributed by atoms with Crippen molar-refractivity contribution < 1.29 is 9.59 Å². The fourth-order valence-corrected chi connectivity index (χ4v) is 1.87. The van der Waals surface area contributed by atoms with E-state index in [0.29, 0.717) is 5.69 Å². The topological polar surface area (TPSA) is 74.3 Å². The summed E-state index contributed by atoms with van der Waals surface area (Å²) in [6.45, 7) is 0. The molecule has 6 nitrogen and oxygen atoms in total. The van der Waals surface area contributed by atoms with E-state index in [0.717, 1.165) is 5.69 Å². The summed E-state index contributed by atoms with van der Waals surface area (Å²) >= 11 is 5.83. The minimum absolute atomic E-state index is 0.123. The van der Waals surface area contributed by atoms with Crippen molar-refractivity contribution in [3.05, 3.63) is 47.7 Å². The van der Waals surface area contributed by atoms with Crippen LogP contribution in [0.5, 0.6) is 0 Å². The molecular weight excluding hydrogens is 304 g/mol. The highest BCUT2D eigenvalue weighted by molar-refractivity contribution is 6.44. The molecule has 0 aliphatic rings. The zero-order chi connectivity index (χ0) is 16.1. The van der Waals surface area contributed by atoms with Crippen molar-refractivity contribution in [3.63, 3.8) is 0 Å². The molecule has 2 rings (SSSR count). The van der Waals surface area contributed by atoms with Gasteiger partial charge in [0.15, 0.2) is 5.15 Å². The van der Waals surface area contributed by atoms with Gasteiger partial charge >= 0.3 is 11.8 Å². The highest BCUT2D eigenvalue weighted by atomic mass is 35.5. The van der Waals surface area contributed by atoms with Crippen LogP contribution in [0.25, 0.3) is 0 Å². The minimum atomic E-state index is -0.815. The minimum Gasteiger partial charge on any atom is -0.378 e. The fourth-order valence-electron chi connectivity index (χ4n) is 1.71. The largest absolute Gasteiger partial charge is 0.378 e. The summed E-state index contributed by atoms with van der Waals surface area (Å²) in [7, 11) is 3.77. The van der Waals surface area contributed by atoms with Crippen molar-refractivity contribution in [1.82, 2.24) is 4.98 Å². The number of halogens is 1. The van der Waals surface area contributed by atoms with Gasteiger partial charge in [-0.1, -0.05) is 17.7 Å². The first-order valence-electron chi connectivity index (χ1n) is 6.47. The van der Waals surface area contributed by atoms with Gasteiger partial charge in [-0.05, 0) is 30.3 Å². The predicted octanol–water partition coefficient (Wildman–Crippen LogP) is 2.38. The van der Waals surface area contributed by atoms with Crippen molar-refractivity contribution in [2.45, 2.75) is 0 Å². The number of amides is 2. The summed E-state index contributed by atoms with van der Waals surface area (Å²) in [6.07, 6.45) is 1.49. The first-order valence-corrected chi connectivity index (χ1v) is 6.85. The Labute approximate surface area is 133 Å². The fraction of sp³-hybridized carbons (Fsp3) is 0.133. The summed E-state index contributed by atoms with van der Waals surface area (Å²) in [5, 5.41) is 5.07. The Balaban J connectivity index is 2.04. The molecule has 0 aliphatic carbocycles. The lowest BCUT2D eigenvalue weighted by Crippen LogP contribution is -2.29. The van der Waals surface area contributed by atoms with Crippen LogP contribution < -0.4 is 15.5 Å². The monoisotopic (exact) mass is 318 g/mol. The Kier molecular flexibility index (Phi) is 4.95. The van der Waals surface area contributed by atoms with Crippen molar-refractivity contribution in [3.8, 4) is 0 Å². The van der Waals surface area contributed by atoms with Crippen LogP contribution in [-0.4, -0.2) is 30.9 Å². The third kappa shape index (κ3) is 3.95. The van der Waals surface area contributed by atoms with E-state index < -0.39 is 11.8 Å². The number of anilines is 3. The second-order valence-electron chi connectivity index (χ2n) is 4.69. The molecule has 0 radical (unpaired) electrons. The van der Waals surface area contributed by atoms with Crippen molar-refractivity contribution in [2.24, 2.45) is 0 Å². The maximum atomic E-state index is 11.9. The number of rotatable bonds is 3. The van der Waals surface area contributed by atoms with Crippen molar-refractivity contribution in [1.29, 1.82) is 0 Å². The molecule has 1 aromatic heterocycles. The molecule has 0 atom stereocenters. The Bertz CT molecular complexity index is 703. The standard InChI is InChI=1S/C15H15ClN4O2/c1-20(2)11-6-3-5-10(9-11)18-14(21)15(22)19-12-7-4-8-17-13(12)16/h3-9H,1-2H3,(H,18,21)(H,19,22). The quantitative estimate of drug-likeness (QED) is 0.673. The molecule has 0 aliphatic heterocycles. The van der Waals surface area contributed by atoms with Gasteiger partial charge < -0.3 is 15.5 Å². The number of hydrogen-bond donors (Lipinski definition) is 2. The molecule has 0 spiro atoms. The number of pyridine rings is 1. The lowest BCUT2D eigenvalue weighted by atomic mass is 10.2. The Morgan fingerprint density at radius 3 is 2.50 bits per heavy atom. The second kappa shape index (κ2) is 6.91. The van der Waals surface area contributed by atoms with Gasteiger partial charge in [-0.3, -0.25) is 9.59 Å². The van der Waals surface area contributed by atoms with E-state index in [-0.39, 0.29) is 10.8 Å². The van der Waals surface area contributed by atoms with Crippen LogP contribution >= 0.6 is 11.6 Å². The van der Waals surface area contributed by atoms with Crippen LogP contribution in [-0.2, 0) is 9.59 Å². The Hall–Kier alpha value is -2.60. The average molecular weight is 319 g/mol. The summed E-state index contributed by atoms with van der Waals surface area (Å²) in [4.78, 5) is 29.5. The molecule has 0 saturated heterocycles. The van der Waals surface area contributed by atoms with Crippen LogP contribution in [0.3, 0.4) is 0 Å². The summed E-state index contributed by atoms with van der Waals surface area (Å²) in [6, 6.07) is 10.3. The van der Waals surface area contributed by atoms with Gasteiger partial charge in [0, 0.05) is 31.7 Å². The number of hydrogen-bond acceptors (Lipinski definition) is 4. The van der Waals surface area contributed by atoms with Crippen LogP contribution in [0.4, 0.5) is 17.1 Å². The molecule has 0 unspecified atom stereocenters. The molecule has 22 heavy (non-hydrogen) atoms. The Morgan fingerprint density at radius 1 is 1.09 bits per heavy atom. The van der Waals surface area contributed by atoms with E-state index in [1.54, 1.807) is 30.3 Å². The van der Waals surface area contributed by atoms with Gasteiger partial charge in [-0.25, -0.2) is 4.98 Å². The maximum absolute atomic E-state index is 11.9. The predicted molar refractivity (Wildman–Crippen MR) is 87.3 cm³/mol. The van der Waals surface area contributed by atoms with Crippen molar-refractivity contribution >= 4 is 40.5 Å². The molecule has 114 valence electrons. The van der Waals surface area contributed by atoms with Gasteiger partial charge in [0.1, 0.15) is 0 Å². The van der Waals surface area contributed by atoms with E-state index in [4.69, 9.17) is 11.6 Å². The highest BCUT2D eigenvalue weighted by Crippen LogP contribution is 2.19. The van der Waals surface area contributed by atoms with E-state index >= 15 is 0 Å². The molecular formula is C15H15ClN4O2. The van der Waals surface area contributed by atoms with E-state index in [2.05, 4.69) is 15.6 Å². The smallest absolute Gasteiger partial charge is 0.314 e. The number of nitrogens with one attached hydrogen (secondary N) is 2. The first kappa shape index (κ1) is 15.8. The van der Waals surface area contributed by atoms with Gasteiger partial charge in [0.25, 0.3) is 0 Å². The molecule has 2 N–H and O–H groups in total. The number of nitrogens with zero attached hydrogens (tertiary/aromatic N) is 2. The Morgan fingerprint density at radius 2 is 1.82 bits per heavy atom. The van der Waals surface area contributed by atoms with Crippen LogP contribution in [0.2, 0.25) is 5.15 Å². The molecule has 7 heteroatoms. The van der Waals surface area contributed by atoms with E-state index in [9.17, 15) is 9.59 Å². The molecule has 2 aromatic rings. The van der Waals surface area contributed by atoms with Crippen molar-refractivity contribution in [2.75, 3.05) is 29.6 Å². The average Bonchev–Trinajstić information content (AvgIpc) is 2.49. The highest BCUT2D eigenvalue weighted by Gasteiger charge is 2.15. The lowest BCUT2D eigenvalue weighted by Gasteiger charge is -2.14. The number of carbonyl (C=O) groups excluding carboxylic acids is 2. The first-order chi connectivity index (χ1) is 10.5. The molecule has 0 bridgehead atoms. The number of aromatic nitrogens is 1. The van der Waals surface area contributed by atoms with Gasteiger partial charge in [0.2, 0.25) is 0 Å². The maximum Gasteiger partial charge on any atom is 0.314 e. The van der Waals surface area contributed by atoms with E-state index in [1.165, 1.54) is 6.20 Å². The second-order valence-corrected chi connectivity index (χ2v) is 5.05. The zero-order valence-corrected chi connectivity index (χ0v) is 12.9. The third-order valence-corrected chi connectivity index (χ3v) is 3.14. The van der Waals surface area contributed by atoms with Gasteiger partial charge in [0.05, 0.1) is 5.69 Å². The normalized spacial score (nSPS) is 9.95. The number of benzene rings is 1. The summed E-state index contributed by atoms with van der Waals surface area (Å²) in [5.74, 6) is -1.60. The lowest BCUT2D eigenvalue weighted by molar-refractivity contribution is -0.132. The van der Waals surface area contributed by atoms with Crippen LogP contribution in [0.15, 0.2) is 42.6 Å². The molecule has 1 heterocycles. The number of carbonyl (C=O) groups is 2. The molecule has 1 aromatic carbocycles. The van der Waals surface area contributed by atoms with Gasteiger partial charge in [-0.2, -0.15) is 0 Å². The van der Waals surface area contributed by atoms with Crippen LogP contribution in [0.1, 0.15) is 0 Å². The third-order valence-electron chi connectivity index (χ3n) is 2.83. The zero-order valence-electron chi connectivity index (χ0n) is 12.1. The van der Waals surface area contributed by atoms with E-state index in [1.807, 2.05) is 25.1 Å². The summed E-state index contributed by atoms with van der Waals surface area (Å²) in [5.41, 5.74) is 1.73. The van der Waals surface area contributed by atoms with Gasteiger partial charge in [-0.15, -0.1) is 0 Å².